The molecule has 0 fully saturated rings. The molecule has 1 aromatic heterocycles. The minimum Gasteiger partial charge on any atom is -0.481 e. The molecule has 13 heavy (non-hydrogen) atoms. The summed E-state index contributed by atoms with van der Waals surface area (Å²) < 4.78 is 0. The predicted octanol–water partition coefficient (Wildman–Crippen LogP) is 1.13. The van der Waals surface area contributed by atoms with Crippen molar-refractivity contribution in [3.8, 4) is 0 Å². The van der Waals surface area contributed by atoms with Gasteiger partial charge in [-0.2, -0.15) is 0 Å². The summed E-state index contributed by atoms with van der Waals surface area (Å²) in [5.41, 5.74) is -1.31. The molecule has 0 saturated heterocycles. The van der Waals surface area contributed by atoms with Crippen LogP contribution < -0.4 is 0 Å². The highest BCUT2D eigenvalue weighted by Crippen LogP contribution is 2.28. The van der Waals surface area contributed by atoms with E-state index in [0.717, 1.165) is 5.01 Å². The zero-order valence-corrected chi connectivity index (χ0v) is 8.26. The molecular weight excluding hydrogens is 190 g/mol. The van der Waals surface area contributed by atoms with Gasteiger partial charge in [-0.05, 0) is 13.8 Å². The molecule has 1 rings (SSSR count). The van der Waals surface area contributed by atoms with Crippen molar-refractivity contribution in [2.75, 3.05) is 0 Å². The van der Waals surface area contributed by atoms with Crippen LogP contribution >= 0.6 is 11.3 Å². The zero-order valence-electron chi connectivity index (χ0n) is 7.44. The quantitative estimate of drug-likeness (QED) is 0.769. The van der Waals surface area contributed by atoms with E-state index >= 15 is 0 Å². The van der Waals surface area contributed by atoms with Crippen molar-refractivity contribution in [3.63, 3.8) is 0 Å². The normalized spacial score (nSPS) is 15.3. The van der Waals surface area contributed by atoms with Gasteiger partial charge < -0.3 is 10.2 Å². The third kappa shape index (κ3) is 2.50. The fraction of sp³-hybridized carbons (Fsp3) is 0.500. The highest BCUT2D eigenvalue weighted by molar-refractivity contribution is 7.11. The lowest BCUT2D eigenvalue weighted by atomic mass is 10.0. The minimum atomic E-state index is -1.31. The van der Waals surface area contributed by atoms with E-state index in [1.807, 2.05) is 6.92 Å². The van der Waals surface area contributed by atoms with E-state index in [4.69, 9.17) is 5.11 Å². The number of carboxylic acids is 1. The van der Waals surface area contributed by atoms with Crippen molar-refractivity contribution in [2.45, 2.75) is 25.9 Å². The molecule has 0 aliphatic carbocycles. The molecule has 1 atom stereocenters. The largest absolute Gasteiger partial charge is 0.481 e. The number of thiazole rings is 1. The molecule has 0 aromatic carbocycles. The molecule has 2 N–H and O–H groups in total. The second kappa shape index (κ2) is 3.43. The third-order valence-corrected chi connectivity index (χ3v) is 2.81. The summed E-state index contributed by atoms with van der Waals surface area (Å²) in [6.07, 6.45) is 1.22. The lowest BCUT2D eigenvalue weighted by Crippen LogP contribution is -2.23. The van der Waals surface area contributed by atoms with Gasteiger partial charge in [-0.1, -0.05) is 0 Å². The summed E-state index contributed by atoms with van der Waals surface area (Å²) in [6.45, 7) is 3.29. The van der Waals surface area contributed by atoms with Crippen molar-refractivity contribution in [1.82, 2.24) is 4.98 Å². The summed E-state index contributed by atoms with van der Waals surface area (Å²) in [5, 5.41) is 19.1. The topological polar surface area (TPSA) is 70.4 Å². The summed E-state index contributed by atoms with van der Waals surface area (Å²) >= 11 is 1.31. The number of nitrogens with zero attached hydrogens (tertiary/aromatic N) is 1. The first kappa shape index (κ1) is 10.1. The highest BCUT2D eigenvalue weighted by atomic mass is 32.1. The van der Waals surface area contributed by atoms with Gasteiger partial charge in [0, 0.05) is 6.20 Å². The van der Waals surface area contributed by atoms with Crippen LogP contribution in [0.3, 0.4) is 0 Å². The highest BCUT2D eigenvalue weighted by Gasteiger charge is 2.28. The molecule has 0 aliphatic heterocycles. The standard InChI is InChI=1S/C8H11NO3S/c1-5-9-4-6(13-5)8(2,12)3-7(10)11/h4,12H,3H2,1-2H3,(H,10,11). The number of carboxylic acid groups (broad SMARTS) is 1. The Hall–Kier alpha value is -0.940. The lowest BCUT2D eigenvalue weighted by molar-refractivity contribution is -0.142. The molecule has 1 heterocycles. The van der Waals surface area contributed by atoms with Crippen LogP contribution in [0.1, 0.15) is 23.2 Å². The van der Waals surface area contributed by atoms with Gasteiger partial charge in [0.2, 0.25) is 0 Å². The monoisotopic (exact) mass is 201 g/mol. The Kier molecular flexibility index (Phi) is 2.68. The minimum absolute atomic E-state index is 0.297. The Morgan fingerprint density at radius 1 is 1.77 bits per heavy atom. The molecular formula is C8H11NO3S. The fourth-order valence-electron chi connectivity index (χ4n) is 0.992. The first-order valence-corrected chi connectivity index (χ1v) is 4.60. The average molecular weight is 201 g/mol. The average Bonchev–Trinajstić information content (AvgIpc) is 2.32. The van der Waals surface area contributed by atoms with Gasteiger partial charge in [-0.3, -0.25) is 4.79 Å². The Bertz CT molecular complexity index is 319. The van der Waals surface area contributed by atoms with Gasteiger partial charge in [0.25, 0.3) is 0 Å². The third-order valence-electron chi connectivity index (χ3n) is 1.65. The number of aryl methyl sites for hydroxylation is 1. The molecule has 1 aromatic rings. The SMILES string of the molecule is Cc1ncc(C(C)(O)CC(=O)O)s1. The van der Waals surface area contributed by atoms with Crippen molar-refractivity contribution in [1.29, 1.82) is 0 Å². The van der Waals surface area contributed by atoms with E-state index in [1.54, 1.807) is 0 Å². The van der Waals surface area contributed by atoms with E-state index in [9.17, 15) is 9.90 Å². The lowest BCUT2D eigenvalue weighted by Gasteiger charge is -2.18. The molecule has 0 radical (unpaired) electrons. The van der Waals surface area contributed by atoms with Crippen LogP contribution in [0.2, 0.25) is 0 Å². The van der Waals surface area contributed by atoms with E-state index < -0.39 is 11.6 Å². The summed E-state index contributed by atoms with van der Waals surface area (Å²) in [5.74, 6) is -1.02. The molecule has 4 nitrogen and oxygen atoms in total. The van der Waals surface area contributed by atoms with E-state index in [0.29, 0.717) is 4.88 Å². The Balaban J connectivity index is 2.86. The number of aliphatic carboxylic acids is 1. The fourth-order valence-corrected chi connectivity index (χ4v) is 1.81. The van der Waals surface area contributed by atoms with Crippen LogP contribution in [0.25, 0.3) is 0 Å². The Labute approximate surface area is 79.9 Å². The summed E-state index contributed by atoms with van der Waals surface area (Å²) in [4.78, 5) is 15.0. The maximum Gasteiger partial charge on any atom is 0.306 e. The summed E-state index contributed by atoms with van der Waals surface area (Å²) in [6, 6.07) is 0. The van der Waals surface area contributed by atoms with Gasteiger partial charge >= 0.3 is 5.97 Å². The first-order valence-electron chi connectivity index (χ1n) is 3.79. The van der Waals surface area contributed by atoms with E-state index in [1.165, 1.54) is 24.5 Å². The molecule has 72 valence electrons. The Morgan fingerprint density at radius 2 is 2.38 bits per heavy atom. The van der Waals surface area contributed by atoms with Crippen molar-refractivity contribution in [2.24, 2.45) is 0 Å². The summed E-state index contributed by atoms with van der Waals surface area (Å²) in [7, 11) is 0. The zero-order chi connectivity index (χ0) is 10.1. The van der Waals surface area contributed by atoms with Gasteiger partial charge in [0.15, 0.2) is 0 Å². The van der Waals surface area contributed by atoms with Crippen LogP contribution in [0.15, 0.2) is 6.20 Å². The van der Waals surface area contributed by atoms with Gasteiger partial charge in [0.05, 0.1) is 16.3 Å². The Morgan fingerprint density at radius 3 is 2.77 bits per heavy atom. The van der Waals surface area contributed by atoms with Crippen molar-refractivity contribution in [3.05, 3.63) is 16.1 Å². The van der Waals surface area contributed by atoms with Crippen LogP contribution in [-0.2, 0) is 10.4 Å². The van der Waals surface area contributed by atoms with E-state index in [2.05, 4.69) is 4.98 Å². The van der Waals surface area contributed by atoms with Gasteiger partial charge in [0.1, 0.15) is 5.60 Å². The molecule has 0 aliphatic rings. The molecule has 0 saturated carbocycles. The predicted molar refractivity (Wildman–Crippen MR) is 48.7 cm³/mol. The van der Waals surface area contributed by atoms with Crippen LogP contribution in [-0.4, -0.2) is 21.2 Å². The molecule has 0 bridgehead atoms. The van der Waals surface area contributed by atoms with Crippen LogP contribution in [0.5, 0.6) is 0 Å². The first-order chi connectivity index (χ1) is 5.92. The molecule has 1 unspecified atom stereocenters. The number of rotatable bonds is 3. The molecule has 0 amide bonds. The van der Waals surface area contributed by atoms with E-state index in [-0.39, 0.29) is 6.42 Å². The molecule has 0 spiro atoms. The maximum atomic E-state index is 10.4. The van der Waals surface area contributed by atoms with Crippen molar-refractivity contribution >= 4 is 17.3 Å². The van der Waals surface area contributed by atoms with Crippen LogP contribution in [0, 0.1) is 6.92 Å². The maximum absolute atomic E-state index is 10.4. The van der Waals surface area contributed by atoms with Gasteiger partial charge in [-0.15, -0.1) is 11.3 Å². The number of carbonyl (C=O) groups is 1. The van der Waals surface area contributed by atoms with Crippen molar-refractivity contribution < 1.29 is 15.0 Å². The second-order valence-corrected chi connectivity index (χ2v) is 4.32. The number of hydrogen-bond acceptors (Lipinski definition) is 4. The molecule has 5 heteroatoms. The second-order valence-electron chi connectivity index (χ2n) is 3.09. The van der Waals surface area contributed by atoms with Crippen LogP contribution in [0.4, 0.5) is 0 Å². The smallest absolute Gasteiger partial charge is 0.306 e. The van der Waals surface area contributed by atoms with Gasteiger partial charge in [-0.25, -0.2) is 4.98 Å². The number of aliphatic hydroxyl groups is 1. The number of hydrogen-bond donors (Lipinski definition) is 2. The number of aromatic nitrogens is 1.